The number of benzene rings is 3. The molecule has 0 aromatic heterocycles. The van der Waals surface area contributed by atoms with Crippen LogP contribution in [0.2, 0.25) is 0 Å². The van der Waals surface area contributed by atoms with Crippen LogP contribution >= 0.6 is 0 Å². The second kappa shape index (κ2) is 14.1. The molecule has 0 aliphatic carbocycles. The first kappa shape index (κ1) is 33.0. The molecule has 2 atom stereocenters. The number of aryl methyl sites for hydroxylation is 2. The van der Waals surface area contributed by atoms with Gasteiger partial charge < -0.3 is 30.1 Å². The van der Waals surface area contributed by atoms with Gasteiger partial charge in [0.25, 0.3) is 5.91 Å². The summed E-state index contributed by atoms with van der Waals surface area (Å²) < 4.78 is 10.7. The van der Waals surface area contributed by atoms with Crippen molar-refractivity contribution in [3.8, 4) is 11.5 Å². The van der Waals surface area contributed by atoms with Crippen molar-refractivity contribution >= 4 is 23.6 Å². The maximum absolute atomic E-state index is 14.5. The standard InChI is InChI=1S/C34H43N3O6/c1-21(2)37(32(40)28(36-33(41)43-34(5,6)7)20-24-12-16-26(38)17-13-24)30(29-22(3)10-9-11-23(29)4)31(39)35-25-14-18-27(42-8)19-15-25/h9-19,21,28,30,38H,20H2,1-8H3,(H,35,39)(H,36,41). The second-order valence-corrected chi connectivity index (χ2v) is 11.8. The predicted octanol–water partition coefficient (Wildman–Crippen LogP) is 6.07. The Bertz CT molecular complexity index is 1390. The lowest BCUT2D eigenvalue weighted by Crippen LogP contribution is -2.55. The van der Waals surface area contributed by atoms with Crippen LogP contribution in [0.15, 0.2) is 66.7 Å². The molecule has 0 spiro atoms. The zero-order valence-corrected chi connectivity index (χ0v) is 26.2. The van der Waals surface area contributed by atoms with E-state index < -0.39 is 41.6 Å². The smallest absolute Gasteiger partial charge is 0.408 e. The van der Waals surface area contributed by atoms with Crippen molar-refractivity contribution in [3.63, 3.8) is 0 Å². The van der Waals surface area contributed by atoms with E-state index in [0.717, 1.165) is 11.1 Å². The van der Waals surface area contributed by atoms with E-state index in [-0.39, 0.29) is 12.2 Å². The van der Waals surface area contributed by atoms with E-state index in [4.69, 9.17) is 9.47 Å². The summed E-state index contributed by atoms with van der Waals surface area (Å²) in [4.78, 5) is 43.2. The number of hydrogen-bond donors (Lipinski definition) is 3. The molecule has 0 saturated carbocycles. The summed E-state index contributed by atoms with van der Waals surface area (Å²) in [6.07, 6.45) is -0.638. The third-order valence-corrected chi connectivity index (χ3v) is 6.88. The first-order valence-corrected chi connectivity index (χ1v) is 14.3. The average molecular weight is 590 g/mol. The number of phenolic OH excluding ortho intramolecular Hbond substituents is 1. The first-order chi connectivity index (χ1) is 20.2. The number of anilines is 1. The van der Waals surface area contributed by atoms with Crippen LogP contribution in [-0.2, 0) is 20.7 Å². The minimum atomic E-state index is -1.07. The number of alkyl carbamates (subject to hydrolysis) is 1. The molecule has 0 aliphatic rings. The number of amides is 3. The molecule has 0 fully saturated rings. The molecular formula is C34H43N3O6. The largest absolute Gasteiger partial charge is 0.508 e. The number of phenols is 1. The van der Waals surface area contributed by atoms with Gasteiger partial charge in [-0.2, -0.15) is 0 Å². The zero-order valence-electron chi connectivity index (χ0n) is 26.2. The zero-order chi connectivity index (χ0) is 31.9. The van der Waals surface area contributed by atoms with Crippen LogP contribution in [0, 0.1) is 13.8 Å². The molecule has 43 heavy (non-hydrogen) atoms. The summed E-state index contributed by atoms with van der Waals surface area (Å²) in [7, 11) is 1.57. The van der Waals surface area contributed by atoms with Gasteiger partial charge in [-0.1, -0.05) is 30.3 Å². The van der Waals surface area contributed by atoms with Crippen molar-refractivity contribution < 1.29 is 29.0 Å². The highest BCUT2D eigenvalue weighted by molar-refractivity contribution is 5.99. The lowest BCUT2D eigenvalue weighted by atomic mass is 9.92. The van der Waals surface area contributed by atoms with Gasteiger partial charge in [0.05, 0.1) is 7.11 Å². The molecule has 9 nitrogen and oxygen atoms in total. The molecule has 9 heteroatoms. The fraction of sp³-hybridized carbons (Fsp3) is 0.382. The number of methoxy groups -OCH3 is 1. The summed E-state index contributed by atoms with van der Waals surface area (Å²) in [6.45, 7) is 12.7. The number of nitrogens with zero attached hydrogens (tertiary/aromatic N) is 1. The molecule has 0 bridgehead atoms. The Morgan fingerprint density at radius 2 is 1.49 bits per heavy atom. The Hall–Kier alpha value is -4.53. The van der Waals surface area contributed by atoms with Crippen molar-refractivity contribution in [2.24, 2.45) is 0 Å². The second-order valence-electron chi connectivity index (χ2n) is 11.8. The van der Waals surface area contributed by atoms with Crippen molar-refractivity contribution in [2.45, 2.75) is 78.6 Å². The Kier molecular flexibility index (Phi) is 10.8. The molecule has 3 aromatic rings. The van der Waals surface area contributed by atoms with Crippen LogP contribution in [0.4, 0.5) is 10.5 Å². The highest BCUT2D eigenvalue weighted by Gasteiger charge is 2.39. The van der Waals surface area contributed by atoms with Gasteiger partial charge in [-0.3, -0.25) is 9.59 Å². The molecule has 3 rings (SSSR count). The number of hydrogen-bond acceptors (Lipinski definition) is 6. The van der Waals surface area contributed by atoms with E-state index in [9.17, 15) is 19.5 Å². The molecule has 3 N–H and O–H groups in total. The van der Waals surface area contributed by atoms with Crippen molar-refractivity contribution in [1.29, 1.82) is 0 Å². The SMILES string of the molecule is COc1ccc(NC(=O)C(c2c(C)cccc2C)N(C(=O)C(Cc2ccc(O)cc2)NC(=O)OC(C)(C)C)C(C)C)cc1. The normalized spacial score (nSPS) is 12.7. The highest BCUT2D eigenvalue weighted by atomic mass is 16.6. The van der Waals surface area contributed by atoms with Crippen LogP contribution < -0.4 is 15.4 Å². The summed E-state index contributed by atoms with van der Waals surface area (Å²) >= 11 is 0. The van der Waals surface area contributed by atoms with E-state index in [1.165, 1.54) is 17.0 Å². The molecular weight excluding hydrogens is 546 g/mol. The van der Waals surface area contributed by atoms with Crippen LogP contribution in [0.3, 0.4) is 0 Å². The lowest BCUT2D eigenvalue weighted by Gasteiger charge is -2.38. The van der Waals surface area contributed by atoms with Gasteiger partial charge in [0.15, 0.2) is 0 Å². The van der Waals surface area contributed by atoms with Crippen molar-refractivity contribution in [2.75, 3.05) is 12.4 Å². The minimum Gasteiger partial charge on any atom is -0.508 e. The fourth-order valence-electron chi connectivity index (χ4n) is 4.92. The van der Waals surface area contributed by atoms with Crippen LogP contribution in [0.5, 0.6) is 11.5 Å². The molecule has 0 aliphatic heterocycles. The summed E-state index contributed by atoms with van der Waals surface area (Å²) in [5.41, 5.74) is 2.88. The van der Waals surface area contributed by atoms with Crippen LogP contribution in [-0.4, -0.2) is 52.7 Å². The van der Waals surface area contributed by atoms with E-state index in [0.29, 0.717) is 22.6 Å². The van der Waals surface area contributed by atoms with Gasteiger partial charge >= 0.3 is 6.09 Å². The maximum atomic E-state index is 14.5. The Morgan fingerprint density at radius 1 is 0.907 bits per heavy atom. The van der Waals surface area contributed by atoms with Crippen molar-refractivity contribution in [3.05, 3.63) is 89.0 Å². The van der Waals surface area contributed by atoms with Gasteiger partial charge in [0, 0.05) is 18.2 Å². The van der Waals surface area contributed by atoms with E-state index in [2.05, 4.69) is 10.6 Å². The third kappa shape index (κ3) is 8.98. The molecule has 230 valence electrons. The molecule has 0 radical (unpaired) electrons. The summed E-state index contributed by atoms with van der Waals surface area (Å²) in [5, 5.41) is 15.5. The Labute approximate surface area is 254 Å². The van der Waals surface area contributed by atoms with E-state index in [1.807, 2.05) is 45.9 Å². The van der Waals surface area contributed by atoms with Crippen molar-refractivity contribution in [1.82, 2.24) is 10.2 Å². The fourth-order valence-corrected chi connectivity index (χ4v) is 4.92. The van der Waals surface area contributed by atoms with E-state index in [1.54, 1.807) is 64.3 Å². The number of nitrogens with one attached hydrogen (secondary N) is 2. The van der Waals surface area contributed by atoms with E-state index >= 15 is 0 Å². The molecule has 3 aromatic carbocycles. The summed E-state index contributed by atoms with van der Waals surface area (Å²) in [5.74, 6) is -0.119. The van der Waals surface area contributed by atoms with Crippen LogP contribution in [0.25, 0.3) is 0 Å². The lowest BCUT2D eigenvalue weighted by molar-refractivity contribution is -0.143. The number of carbonyl (C=O) groups is 3. The topological polar surface area (TPSA) is 117 Å². The Balaban J connectivity index is 2.09. The predicted molar refractivity (Wildman–Crippen MR) is 167 cm³/mol. The molecule has 0 saturated heterocycles. The third-order valence-electron chi connectivity index (χ3n) is 6.88. The van der Waals surface area contributed by atoms with Gasteiger partial charge in [-0.15, -0.1) is 0 Å². The Morgan fingerprint density at radius 3 is 2.00 bits per heavy atom. The minimum absolute atomic E-state index is 0.0841. The number of carbonyl (C=O) groups excluding carboxylic acids is 3. The first-order valence-electron chi connectivity index (χ1n) is 14.3. The average Bonchev–Trinajstić information content (AvgIpc) is 2.92. The van der Waals surface area contributed by atoms with Gasteiger partial charge in [-0.05, 0) is 107 Å². The number of ether oxygens (including phenoxy) is 2. The molecule has 2 unspecified atom stereocenters. The quantitative estimate of drug-likeness (QED) is 0.264. The molecule has 0 heterocycles. The van der Waals surface area contributed by atoms with Gasteiger partial charge in [-0.25, -0.2) is 4.79 Å². The molecule has 3 amide bonds. The monoisotopic (exact) mass is 589 g/mol. The van der Waals surface area contributed by atoms with Gasteiger partial charge in [0.2, 0.25) is 5.91 Å². The number of rotatable bonds is 10. The van der Waals surface area contributed by atoms with Gasteiger partial charge in [0.1, 0.15) is 29.2 Å². The van der Waals surface area contributed by atoms with Crippen LogP contribution in [0.1, 0.15) is 62.9 Å². The number of aromatic hydroxyl groups is 1. The maximum Gasteiger partial charge on any atom is 0.408 e. The summed E-state index contributed by atoms with van der Waals surface area (Å²) in [6, 6.07) is 16.6. The highest BCUT2D eigenvalue weighted by Crippen LogP contribution is 2.32.